The standard InChI is InChI=1S/C14H22N2O2/c1-12(18)15-9-5-10-16-14(8-11-17)13-6-3-2-4-7-13/h2-4,6-7,14,16-17H,5,8-11H2,1H3,(H,15,18). The van der Waals surface area contributed by atoms with E-state index < -0.39 is 0 Å². The molecule has 0 aromatic heterocycles. The first-order valence-corrected chi connectivity index (χ1v) is 6.37. The highest BCUT2D eigenvalue weighted by Crippen LogP contribution is 2.15. The van der Waals surface area contributed by atoms with Crippen molar-refractivity contribution in [2.24, 2.45) is 0 Å². The molecular formula is C14H22N2O2. The van der Waals surface area contributed by atoms with E-state index in [-0.39, 0.29) is 18.6 Å². The van der Waals surface area contributed by atoms with Gasteiger partial charge in [0.05, 0.1) is 0 Å². The molecule has 4 heteroatoms. The van der Waals surface area contributed by atoms with Crippen molar-refractivity contribution in [1.29, 1.82) is 0 Å². The molecule has 4 nitrogen and oxygen atoms in total. The van der Waals surface area contributed by atoms with Gasteiger partial charge in [-0.2, -0.15) is 0 Å². The van der Waals surface area contributed by atoms with Gasteiger partial charge in [-0.1, -0.05) is 30.3 Å². The molecule has 0 spiro atoms. The largest absolute Gasteiger partial charge is 0.396 e. The molecule has 3 N–H and O–H groups in total. The maximum Gasteiger partial charge on any atom is 0.216 e. The first-order chi connectivity index (χ1) is 8.74. The maximum atomic E-state index is 10.7. The van der Waals surface area contributed by atoms with Gasteiger partial charge in [0.1, 0.15) is 0 Å². The van der Waals surface area contributed by atoms with Crippen molar-refractivity contribution in [1.82, 2.24) is 10.6 Å². The molecule has 0 saturated heterocycles. The van der Waals surface area contributed by atoms with Crippen LogP contribution in [-0.4, -0.2) is 30.7 Å². The molecule has 0 aliphatic carbocycles. The lowest BCUT2D eigenvalue weighted by atomic mass is 10.0. The van der Waals surface area contributed by atoms with Crippen molar-refractivity contribution < 1.29 is 9.90 Å². The van der Waals surface area contributed by atoms with Crippen LogP contribution >= 0.6 is 0 Å². The molecule has 1 unspecified atom stereocenters. The minimum Gasteiger partial charge on any atom is -0.396 e. The minimum atomic E-state index is 0.00460. The van der Waals surface area contributed by atoms with E-state index in [0.717, 1.165) is 13.0 Å². The zero-order valence-corrected chi connectivity index (χ0v) is 10.9. The molecule has 1 aromatic rings. The summed E-state index contributed by atoms with van der Waals surface area (Å²) in [5, 5.41) is 15.2. The normalized spacial score (nSPS) is 12.1. The highest BCUT2D eigenvalue weighted by molar-refractivity contribution is 5.72. The molecule has 0 aliphatic heterocycles. The third-order valence-electron chi connectivity index (χ3n) is 2.74. The molecule has 1 atom stereocenters. The summed E-state index contributed by atoms with van der Waals surface area (Å²) in [5.74, 6) is 0.00460. The van der Waals surface area contributed by atoms with Gasteiger partial charge >= 0.3 is 0 Å². The second-order valence-electron chi connectivity index (χ2n) is 4.27. The Kier molecular flexibility index (Phi) is 7.06. The average Bonchev–Trinajstić information content (AvgIpc) is 2.38. The van der Waals surface area contributed by atoms with Gasteiger partial charge in [0, 0.05) is 26.1 Å². The molecule has 0 radical (unpaired) electrons. The predicted octanol–water partition coefficient (Wildman–Crippen LogP) is 1.23. The molecule has 0 bridgehead atoms. The fraction of sp³-hybridized carbons (Fsp3) is 0.500. The van der Waals surface area contributed by atoms with E-state index in [1.165, 1.54) is 12.5 Å². The number of carbonyl (C=O) groups is 1. The number of aliphatic hydroxyl groups excluding tert-OH is 1. The van der Waals surface area contributed by atoms with E-state index in [9.17, 15) is 4.79 Å². The van der Waals surface area contributed by atoms with E-state index in [1.807, 2.05) is 18.2 Å². The molecule has 0 fully saturated rings. The highest BCUT2D eigenvalue weighted by atomic mass is 16.3. The summed E-state index contributed by atoms with van der Waals surface area (Å²) >= 11 is 0. The van der Waals surface area contributed by atoms with Crippen LogP contribution < -0.4 is 10.6 Å². The second-order valence-corrected chi connectivity index (χ2v) is 4.27. The molecule has 0 heterocycles. The summed E-state index contributed by atoms with van der Waals surface area (Å²) in [6.45, 7) is 3.19. The van der Waals surface area contributed by atoms with E-state index in [4.69, 9.17) is 5.11 Å². The fourth-order valence-corrected chi connectivity index (χ4v) is 1.83. The Labute approximate surface area is 108 Å². The summed E-state index contributed by atoms with van der Waals surface area (Å²) in [4.78, 5) is 10.7. The monoisotopic (exact) mass is 250 g/mol. The Morgan fingerprint density at radius 2 is 2.00 bits per heavy atom. The van der Waals surface area contributed by atoms with Crippen molar-refractivity contribution in [3.05, 3.63) is 35.9 Å². The lowest BCUT2D eigenvalue weighted by Crippen LogP contribution is -2.28. The Hall–Kier alpha value is -1.39. The molecule has 1 rings (SSSR count). The van der Waals surface area contributed by atoms with E-state index in [1.54, 1.807) is 0 Å². The van der Waals surface area contributed by atoms with E-state index >= 15 is 0 Å². The van der Waals surface area contributed by atoms with Gasteiger partial charge < -0.3 is 15.7 Å². The second kappa shape index (κ2) is 8.66. The van der Waals surface area contributed by atoms with Crippen LogP contribution in [0.15, 0.2) is 30.3 Å². The van der Waals surface area contributed by atoms with Crippen molar-refractivity contribution in [2.45, 2.75) is 25.8 Å². The van der Waals surface area contributed by atoms with Crippen LogP contribution in [0.3, 0.4) is 0 Å². The highest BCUT2D eigenvalue weighted by Gasteiger charge is 2.08. The SMILES string of the molecule is CC(=O)NCCCNC(CCO)c1ccccc1. The first-order valence-electron chi connectivity index (χ1n) is 6.37. The van der Waals surface area contributed by atoms with E-state index in [2.05, 4.69) is 22.8 Å². The number of hydrogen-bond donors (Lipinski definition) is 3. The zero-order chi connectivity index (χ0) is 13.2. The number of rotatable bonds is 8. The molecule has 18 heavy (non-hydrogen) atoms. The number of benzene rings is 1. The Balaban J connectivity index is 2.33. The van der Waals surface area contributed by atoms with Crippen LogP contribution in [0.2, 0.25) is 0 Å². The number of amides is 1. The smallest absolute Gasteiger partial charge is 0.216 e. The van der Waals surface area contributed by atoms with Gasteiger partial charge in [0.25, 0.3) is 0 Å². The average molecular weight is 250 g/mol. The Morgan fingerprint density at radius 1 is 1.28 bits per heavy atom. The lowest BCUT2D eigenvalue weighted by molar-refractivity contribution is -0.118. The van der Waals surface area contributed by atoms with Gasteiger partial charge in [-0.15, -0.1) is 0 Å². The summed E-state index contributed by atoms with van der Waals surface area (Å²) < 4.78 is 0. The summed E-state index contributed by atoms with van der Waals surface area (Å²) in [6, 6.07) is 10.3. The van der Waals surface area contributed by atoms with Crippen LogP contribution in [0.4, 0.5) is 0 Å². The zero-order valence-electron chi connectivity index (χ0n) is 10.9. The molecule has 100 valence electrons. The van der Waals surface area contributed by atoms with Crippen molar-refractivity contribution in [2.75, 3.05) is 19.7 Å². The van der Waals surface area contributed by atoms with Crippen LogP contribution in [0.25, 0.3) is 0 Å². The minimum absolute atomic E-state index is 0.00460. The van der Waals surface area contributed by atoms with Crippen LogP contribution in [0.5, 0.6) is 0 Å². The molecular weight excluding hydrogens is 228 g/mol. The predicted molar refractivity (Wildman–Crippen MR) is 72.2 cm³/mol. The van der Waals surface area contributed by atoms with Gasteiger partial charge in [-0.3, -0.25) is 4.79 Å². The van der Waals surface area contributed by atoms with Crippen LogP contribution in [-0.2, 0) is 4.79 Å². The van der Waals surface area contributed by atoms with Gasteiger partial charge in [-0.25, -0.2) is 0 Å². The van der Waals surface area contributed by atoms with Crippen molar-refractivity contribution >= 4 is 5.91 Å². The van der Waals surface area contributed by atoms with Gasteiger partial charge in [0.15, 0.2) is 0 Å². The number of hydrogen-bond acceptors (Lipinski definition) is 3. The number of carbonyl (C=O) groups excluding carboxylic acids is 1. The quantitative estimate of drug-likeness (QED) is 0.608. The van der Waals surface area contributed by atoms with E-state index in [0.29, 0.717) is 13.0 Å². The fourth-order valence-electron chi connectivity index (χ4n) is 1.83. The third-order valence-corrected chi connectivity index (χ3v) is 2.74. The van der Waals surface area contributed by atoms with Crippen molar-refractivity contribution in [3.8, 4) is 0 Å². The molecule has 1 aromatic carbocycles. The molecule has 1 amide bonds. The Morgan fingerprint density at radius 3 is 2.61 bits per heavy atom. The first kappa shape index (κ1) is 14.7. The maximum absolute atomic E-state index is 10.7. The lowest BCUT2D eigenvalue weighted by Gasteiger charge is -2.18. The van der Waals surface area contributed by atoms with Crippen molar-refractivity contribution in [3.63, 3.8) is 0 Å². The van der Waals surface area contributed by atoms with Crippen LogP contribution in [0.1, 0.15) is 31.4 Å². The van der Waals surface area contributed by atoms with Gasteiger partial charge in [0.2, 0.25) is 5.91 Å². The summed E-state index contributed by atoms with van der Waals surface area (Å²) in [6.07, 6.45) is 1.58. The number of nitrogens with one attached hydrogen (secondary N) is 2. The molecule has 0 aliphatic rings. The molecule has 0 saturated carbocycles. The summed E-state index contributed by atoms with van der Waals surface area (Å²) in [5.41, 5.74) is 1.19. The number of aliphatic hydroxyl groups is 1. The summed E-state index contributed by atoms with van der Waals surface area (Å²) in [7, 11) is 0. The topological polar surface area (TPSA) is 61.4 Å². The van der Waals surface area contributed by atoms with Crippen LogP contribution in [0, 0.1) is 0 Å². The Bertz CT molecular complexity index is 341. The van der Waals surface area contributed by atoms with Gasteiger partial charge in [-0.05, 0) is 24.9 Å². The third kappa shape index (κ3) is 5.80.